The van der Waals surface area contributed by atoms with Crippen molar-refractivity contribution in [1.82, 2.24) is 0 Å². The van der Waals surface area contributed by atoms with Gasteiger partial charge in [-0.3, -0.25) is 0 Å². The highest BCUT2D eigenvalue weighted by Gasteiger charge is 2.26. The van der Waals surface area contributed by atoms with Crippen LogP contribution in [0, 0.1) is 0 Å². The van der Waals surface area contributed by atoms with Gasteiger partial charge >= 0.3 is 11.9 Å². The van der Waals surface area contributed by atoms with Gasteiger partial charge in [0, 0.05) is 0 Å². The summed E-state index contributed by atoms with van der Waals surface area (Å²) in [5, 5.41) is 19.2. The quantitative estimate of drug-likeness (QED) is 0.552. The summed E-state index contributed by atoms with van der Waals surface area (Å²) < 4.78 is 0. The number of hydrogen-bond acceptors (Lipinski definition) is 2. The minimum atomic E-state index is -1.01. The van der Waals surface area contributed by atoms with E-state index in [0.29, 0.717) is 11.1 Å². The van der Waals surface area contributed by atoms with Crippen molar-refractivity contribution < 1.29 is 19.8 Å². The molecule has 4 aliphatic carbocycles. The Morgan fingerprint density at radius 3 is 1.19 bits per heavy atom. The largest absolute Gasteiger partial charge is 0.478 e. The lowest BCUT2D eigenvalue weighted by atomic mass is 10.00. The van der Waals surface area contributed by atoms with Gasteiger partial charge in [0.25, 0.3) is 0 Å². The lowest BCUT2D eigenvalue weighted by Gasteiger charge is -2.03. The SMILES string of the molecule is O=C(O)c1cc(-c2cc(C(=O)O)c3cccccc2-3)c2cccccc1-2. The standard InChI is InChI=1S/C22H14O4/c23-21(24)19-11-17(13-7-3-1-5-9-15(13)19)18-12-20(22(25)26)16-10-6-2-4-8-14(16)18/h1-12H,(H,23,24)(H,25,26). The van der Waals surface area contributed by atoms with E-state index in [0.717, 1.165) is 22.3 Å². The first-order chi connectivity index (χ1) is 12.6. The molecule has 26 heavy (non-hydrogen) atoms. The van der Waals surface area contributed by atoms with Crippen molar-refractivity contribution in [2.45, 2.75) is 0 Å². The lowest BCUT2D eigenvalue weighted by Crippen LogP contribution is -1.94. The molecule has 0 aliphatic heterocycles. The van der Waals surface area contributed by atoms with E-state index < -0.39 is 11.9 Å². The van der Waals surface area contributed by atoms with Crippen molar-refractivity contribution in [3.63, 3.8) is 0 Å². The van der Waals surface area contributed by atoms with Crippen molar-refractivity contribution in [2.24, 2.45) is 0 Å². The van der Waals surface area contributed by atoms with E-state index in [4.69, 9.17) is 0 Å². The minimum Gasteiger partial charge on any atom is -0.478 e. The molecule has 0 atom stereocenters. The monoisotopic (exact) mass is 342 g/mol. The molecule has 4 rings (SSSR count). The molecular formula is C22H14O4. The molecule has 0 saturated heterocycles. The van der Waals surface area contributed by atoms with Crippen LogP contribution in [0.4, 0.5) is 0 Å². The zero-order valence-corrected chi connectivity index (χ0v) is 13.6. The summed E-state index contributed by atoms with van der Waals surface area (Å²) in [5.74, 6) is -2.01. The average Bonchev–Trinajstić information content (AvgIpc) is 2.91. The summed E-state index contributed by atoms with van der Waals surface area (Å²) >= 11 is 0. The number of carbonyl (C=O) groups is 2. The molecule has 0 fully saturated rings. The predicted octanol–water partition coefficient (Wildman–Crippen LogP) is 4.96. The predicted molar refractivity (Wildman–Crippen MR) is 99.0 cm³/mol. The molecule has 0 aromatic heterocycles. The average molecular weight is 342 g/mol. The third-order valence-electron chi connectivity index (χ3n) is 4.57. The molecule has 0 bridgehead atoms. The van der Waals surface area contributed by atoms with E-state index in [1.54, 1.807) is 36.4 Å². The highest BCUT2D eigenvalue weighted by Crippen LogP contribution is 2.45. The van der Waals surface area contributed by atoms with Gasteiger partial charge in [0.15, 0.2) is 0 Å². The number of hydrogen-bond donors (Lipinski definition) is 2. The van der Waals surface area contributed by atoms with Crippen molar-refractivity contribution in [3.8, 4) is 33.4 Å². The van der Waals surface area contributed by atoms with Crippen LogP contribution in [-0.4, -0.2) is 22.2 Å². The van der Waals surface area contributed by atoms with Gasteiger partial charge < -0.3 is 10.2 Å². The molecule has 4 aliphatic rings. The molecule has 0 aromatic carbocycles. The number of carboxylic acid groups (broad SMARTS) is 2. The first-order valence-corrected chi connectivity index (χ1v) is 8.08. The van der Waals surface area contributed by atoms with Crippen LogP contribution in [0.25, 0.3) is 33.4 Å². The zero-order chi connectivity index (χ0) is 18.3. The van der Waals surface area contributed by atoms with Crippen LogP contribution >= 0.6 is 0 Å². The van der Waals surface area contributed by atoms with Gasteiger partial charge in [0.2, 0.25) is 0 Å². The Kier molecular flexibility index (Phi) is 3.66. The van der Waals surface area contributed by atoms with Gasteiger partial charge in [0.05, 0.1) is 11.1 Å². The second-order valence-corrected chi connectivity index (χ2v) is 6.03. The summed E-state index contributed by atoms with van der Waals surface area (Å²) in [6, 6.07) is 21.5. The topological polar surface area (TPSA) is 74.6 Å². The summed E-state index contributed by atoms with van der Waals surface area (Å²) in [6.07, 6.45) is 0. The molecule has 0 unspecified atom stereocenters. The fraction of sp³-hybridized carbons (Fsp3) is 0. The maximum Gasteiger partial charge on any atom is 0.336 e. The van der Waals surface area contributed by atoms with Crippen LogP contribution in [0.2, 0.25) is 0 Å². The van der Waals surface area contributed by atoms with Crippen molar-refractivity contribution in [2.75, 3.05) is 0 Å². The Morgan fingerprint density at radius 1 is 0.500 bits per heavy atom. The van der Waals surface area contributed by atoms with Crippen LogP contribution in [0.3, 0.4) is 0 Å². The highest BCUT2D eigenvalue weighted by molar-refractivity contribution is 6.09. The Balaban J connectivity index is 2.07. The number of rotatable bonds is 3. The minimum absolute atomic E-state index is 0.206. The Labute approximate surface area is 149 Å². The molecule has 0 amide bonds. The van der Waals surface area contributed by atoms with Crippen molar-refractivity contribution >= 4 is 11.9 Å². The summed E-state index contributed by atoms with van der Waals surface area (Å²) in [4.78, 5) is 23.4. The molecule has 0 radical (unpaired) electrons. The zero-order valence-electron chi connectivity index (χ0n) is 13.6. The molecule has 0 saturated carbocycles. The summed E-state index contributed by atoms with van der Waals surface area (Å²) in [5.41, 5.74) is 4.67. The summed E-state index contributed by atoms with van der Waals surface area (Å²) in [6.45, 7) is 0. The number of carboxylic acids is 2. The number of aromatic carboxylic acids is 2. The van der Waals surface area contributed by atoms with Crippen LogP contribution in [0.5, 0.6) is 0 Å². The third kappa shape index (κ3) is 2.40. The van der Waals surface area contributed by atoms with E-state index in [-0.39, 0.29) is 11.1 Å². The van der Waals surface area contributed by atoms with E-state index in [1.165, 1.54) is 0 Å². The first-order valence-electron chi connectivity index (χ1n) is 8.08. The fourth-order valence-corrected chi connectivity index (χ4v) is 3.43. The second kappa shape index (κ2) is 6.01. The Bertz CT molecular complexity index is 1010. The van der Waals surface area contributed by atoms with Crippen molar-refractivity contribution in [3.05, 3.63) is 83.9 Å². The van der Waals surface area contributed by atoms with Gasteiger partial charge in [-0.25, -0.2) is 9.59 Å². The Hall–Kier alpha value is -3.66. The van der Waals surface area contributed by atoms with E-state index in [1.807, 2.05) is 36.4 Å². The smallest absolute Gasteiger partial charge is 0.336 e. The molecule has 4 nitrogen and oxygen atoms in total. The van der Waals surface area contributed by atoms with Crippen LogP contribution in [-0.2, 0) is 0 Å². The number of fused-ring (bicyclic) bond motifs is 2. The third-order valence-corrected chi connectivity index (χ3v) is 4.57. The van der Waals surface area contributed by atoms with E-state index >= 15 is 0 Å². The van der Waals surface area contributed by atoms with Crippen LogP contribution < -0.4 is 0 Å². The van der Waals surface area contributed by atoms with Gasteiger partial charge in [-0.2, -0.15) is 0 Å². The summed E-state index contributed by atoms with van der Waals surface area (Å²) in [7, 11) is 0. The van der Waals surface area contributed by atoms with Gasteiger partial charge in [-0.1, -0.05) is 60.7 Å². The first kappa shape index (κ1) is 15.8. The fourth-order valence-electron chi connectivity index (χ4n) is 3.43. The lowest BCUT2D eigenvalue weighted by molar-refractivity contribution is 0.0687. The maximum atomic E-state index is 11.7. The highest BCUT2D eigenvalue weighted by atomic mass is 16.4. The molecular weight excluding hydrogens is 328 g/mol. The normalized spacial score (nSPS) is 10.9. The second-order valence-electron chi connectivity index (χ2n) is 6.03. The molecule has 0 aromatic rings. The van der Waals surface area contributed by atoms with Crippen molar-refractivity contribution in [1.29, 1.82) is 0 Å². The van der Waals surface area contributed by atoms with E-state index in [9.17, 15) is 19.8 Å². The van der Waals surface area contributed by atoms with Gasteiger partial charge in [-0.15, -0.1) is 0 Å². The Morgan fingerprint density at radius 2 is 0.846 bits per heavy atom. The molecule has 4 heteroatoms. The van der Waals surface area contributed by atoms with E-state index in [2.05, 4.69) is 0 Å². The van der Waals surface area contributed by atoms with Gasteiger partial charge in [-0.05, 0) is 45.5 Å². The maximum absolute atomic E-state index is 11.7. The van der Waals surface area contributed by atoms with Crippen LogP contribution in [0.1, 0.15) is 20.7 Å². The molecule has 0 spiro atoms. The van der Waals surface area contributed by atoms with Crippen LogP contribution in [0.15, 0.2) is 72.8 Å². The molecule has 2 N–H and O–H groups in total. The molecule has 126 valence electrons. The van der Waals surface area contributed by atoms with Gasteiger partial charge in [0.1, 0.15) is 0 Å². The molecule has 0 heterocycles.